The normalized spacial score (nSPS) is 9.67. The zero-order valence-electron chi connectivity index (χ0n) is 6.54. The molecule has 12 heavy (non-hydrogen) atoms. The second-order valence-electron chi connectivity index (χ2n) is 2.49. The topological polar surface area (TPSA) is 28.7 Å². The van der Waals surface area contributed by atoms with Crippen molar-refractivity contribution in [3.05, 3.63) is 42.4 Å². The maximum absolute atomic E-state index is 4.16. The fraction of sp³-hybridized carbons (Fsp3) is 0. The van der Waals surface area contributed by atoms with Crippen LogP contribution in [0.5, 0.6) is 0 Å². The Morgan fingerprint density at radius 1 is 1.50 bits per heavy atom. The molecule has 2 nitrogen and oxygen atoms in total. The largest absolute Gasteiger partial charge is 0.346 e. The van der Waals surface area contributed by atoms with Crippen LogP contribution in [0, 0.1) is 0 Å². The van der Waals surface area contributed by atoms with Gasteiger partial charge in [0.1, 0.15) is 5.65 Å². The summed E-state index contributed by atoms with van der Waals surface area (Å²) in [5.74, 6) is 0. The third-order valence-electron chi connectivity index (χ3n) is 1.75. The molecular weight excluding hydrogens is 148 g/mol. The lowest BCUT2D eigenvalue weighted by Gasteiger charge is -1.92. The summed E-state index contributed by atoms with van der Waals surface area (Å²) in [5.41, 5.74) is 4.74. The van der Waals surface area contributed by atoms with Gasteiger partial charge in [-0.1, -0.05) is 6.58 Å². The second-order valence-corrected chi connectivity index (χ2v) is 2.49. The predicted molar refractivity (Wildman–Crippen MR) is 49.7 cm³/mol. The average Bonchev–Trinajstić information content (AvgIpc) is 2.53. The highest BCUT2D eigenvalue weighted by atomic mass is 14.8. The fourth-order valence-electron chi connectivity index (χ4n) is 1.22. The van der Waals surface area contributed by atoms with Crippen molar-refractivity contribution in [1.82, 2.24) is 9.97 Å². The van der Waals surface area contributed by atoms with Crippen LogP contribution in [-0.4, -0.2) is 9.97 Å². The van der Waals surface area contributed by atoms with E-state index in [0.29, 0.717) is 0 Å². The molecule has 0 aliphatic carbocycles. The Morgan fingerprint density at radius 2 is 2.42 bits per heavy atom. The maximum Gasteiger partial charge on any atom is 0.137 e. The third kappa shape index (κ3) is 0.949. The van der Waals surface area contributed by atoms with Crippen LogP contribution in [0.4, 0.5) is 0 Å². The molecule has 0 aromatic carbocycles. The predicted octanol–water partition coefficient (Wildman–Crippen LogP) is 2.36. The van der Waals surface area contributed by atoms with E-state index in [4.69, 9.17) is 0 Å². The number of rotatable bonds is 1. The Hall–Kier alpha value is -1.79. The van der Waals surface area contributed by atoms with Gasteiger partial charge in [0.25, 0.3) is 0 Å². The Labute approximate surface area is 70.3 Å². The molecule has 0 saturated carbocycles. The molecule has 0 fully saturated rings. The highest BCUT2D eigenvalue weighted by Crippen LogP contribution is 2.15. The summed E-state index contributed by atoms with van der Waals surface area (Å²) in [5, 5.41) is 1.11. The van der Waals surface area contributed by atoms with Crippen LogP contribution >= 0.6 is 0 Å². The summed E-state index contributed by atoms with van der Waals surface area (Å²) in [6, 6.07) is 3.93. The maximum atomic E-state index is 4.16. The zero-order valence-corrected chi connectivity index (χ0v) is 6.54. The van der Waals surface area contributed by atoms with Crippen LogP contribution in [0.15, 0.2) is 36.8 Å². The molecular formula is C10H8N2. The Bertz CT molecular complexity index is 448. The van der Waals surface area contributed by atoms with Gasteiger partial charge in [0.2, 0.25) is 0 Å². The molecule has 0 spiro atoms. The lowest BCUT2D eigenvalue weighted by Crippen LogP contribution is -1.77. The number of hydrogen-bond donors (Lipinski definition) is 1. The quantitative estimate of drug-likeness (QED) is 0.631. The molecule has 2 aromatic rings. The van der Waals surface area contributed by atoms with Gasteiger partial charge in [-0.2, -0.15) is 0 Å². The highest BCUT2D eigenvalue weighted by molar-refractivity contribution is 5.85. The average molecular weight is 156 g/mol. The summed E-state index contributed by atoms with van der Waals surface area (Å²) >= 11 is 0. The number of aromatic amines is 1. The van der Waals surface area contributed by atoms with Crippen molar-refractivity contribution in [3.63, 3.8) is 0 Å². The molecule has 0 unspecified atom stereocenters. The first kappa shape index (κ1) is 6.89. The van der Waals surface area contributed by atoms with E-state index in [1.54, 1.807) is 6.20 Å². The van der Waals surface area contributed by atoms with Crippen LogP contribution in [0.3, 0.4) is 0 Å². The summed E-state index contributed by atoms with van der Waals surface area (Å²) in [6.45, 7) is 3.54. The lowest BCUT2D eigenvalue weighted by atomic mass is 10.2. The first-order chi connectivity index (χ1) is 5.92. The minimum absolute atomic E-state index is 0.902. The minimum Gasteiger partial charge on any atom is -0.346 e. The van der Waals surface area contributed by atoms with E-state index in [1.165, 1.54) is 0 Å². The van der Waals surface area contributed by atoms with Crippen molar-refractivity contribution >= 4 is 17.1 Å². The van der Waals surface area contributed by atoms with Gasteiger partial charge in [0.05, 0.1) is 0 Å². The van der Waals surface area contributed by atoms with E-state index in [1.807, 2.05) is 24.4 Å². The molecule has 0 amide bonds. The second kappa shape index (κ2) is 2.68. The number of aromatic nitrogens is 2. The number of nitrogens with zero attached hydrogens (tertiary/aromatic N) is 1. The van der Waals surface area contributed by atoms with Crippen molar-refractivity contribution in [2.24, 2.45) is 0 Å². The smallest absolute Gasteiger partial charge is 0.137 e. The Morgan fingerprint density at radius 3 is 3.25 bits per heavy atom. The Kier molecular flexibility index (Phi) is 1.54. The third-order valence-corrected chi connectivity index (χ3v) is 1.75. The molecule has 1 N–H and O–H groups in total. The van der Waals surface area contributed by atoms with Crippen molar-refractivity contribution in [1.29, 1.82) is 0 Å². The van der Waals surface area contributed by atoms with Gasteiger partial charge in [-0.25, -0.2) is 4.98 Å². The zero-order chi connectivity index (χ0) is 8.39. The minimum atomic E-state index is 0.902. The van der Waals surface area contributed by atoms with Gasteiger partial charge < -0.3 is 4.98 Å². The van der Waals surface area contributed by atoms with Gasteiger partial charge in [0, 0.05) is 17.8 Å². The monoisotopic (exact) mass is 156 g/mol. The van der Waals surface area contributed by atoms with Crippen molar-refractivity contribution in [2.45, 2.75) is 0 Å². The van der Waals surface area contributed by atoms with Gasteiger partial charge in [-0.3, -0.25) is 0 Å². The molecule has 58 valence electrons. The molecule has 0 atom stereocenters. The van der Waals surface area contributed by atoms with Crippen molar-refractivity contribution in [2.75, 3.05) is 0 Å². The van der Waals surface area contributed by atoms with Crippen LogP contribution < -0.4 is 0 Å². The van der Waals surface area contributed by atoms with Crippen LogP contribution in [0.25, 0.3) is 17.1 Å². The number of H-pyrrole nitrogens is 1. The molecule has 2 aromatic heterocycles. The lowest BCUT2D eigenvalue weighted by molar-refractivity contribution is 1.32. The van der Waals surface area contributed by atoms with E-state index in [-0.39, 0.29) is 0 Å². The van der Waals surface area contributed by atoms with Crippen LogP contribution in [-0.2, 0) is 0 Å². The highest BCUT2D eigenvalue weighted by Gasteiger charge is 1.97. The van der Waals surface area contributed by atoms with Crippen LogP contribution in [0.1, 0.15) is 5.56 Å². The fourth-order valence-corrected chi connectivity index (χ4v) is 1.22. The van der Waals surface area contributed by atoms with Crippen molar-refractivity contribution in [3.8, 4) is 0 Å². The number of nitrogens with one attached hydrogen (secondary N) is 1. The number of hydrogen-bond acceptors (Lipinski definition) is 1. The summed E-state index contributed by atoms with van der Waals surface area (Å²) in [7, 11) is 0. The standard InChI is InChI=1S/C10H8N2/c1-2-3-8-4-6-11-10-9(8)5-7-12-10/h3-7H,1H2,(H,11,12). The number of fused-ring (bicyclic) bond motifs is 1. The van der Waals surface area contributed by atoms with Crippen molar-refractivity contribution < 1.29 is 0 Å². The first-order valence-corrected chi connectivity index (χ1v) is 3.70. The molecule has 2 heterocycles. The Balaban J connectivity index is 2.81. The molecule has 0 aliphatic heterocycles. The molecule has 0 saturated heterocycles. The van der Waals surface area contributed by atoms with Gasteiger partial charge >= 0.3 is 0 Å². The van der Waals surface area contributed by atoms with E-state index in [2.05, 4.69) is 22.3 Å². The van der Waals surface area contributed by atoms with E-state index in [9.17, 15) is 0 Å². The number of pyridine rings is 1. The van der Waals surface area contributed by atoms with Gasteiger partial charge in [-0.15, -0.1) is 5.73 Å². The van der Waals surface area contributed by atoms with Gasteiger partial charge in [-0.05, 0) is 23.8 Å². The molecule has 0 radical (unpaired) electrons. The SMILES string of the molecule is C=C=Cc1ccnc2[nH]ccc12. The molecule has 2 rings (SSSR count). The first-order valence-electron chi connectivity index (χ1n) is 3.70. The molecule has 0 bridgehead atoms. The molecule has 0 aliphatic rings. The summed E-state index contributed by atoms with van der Waals surface area (Å²) < 4.78 is 0. The summed E-state index contributed by atoms with van der Waals surface area (Å²) in [4.78, 5) is 7.20. The van der Waals surface area contributed by atoms with Gasteiger partial charge in [0.15, 0.2) is 0 Å². The van der Waals surface area contributed by atoms with E-state index < -0.39 is 0 Å². The van der Waals surface area contributed by atoms with E-state index in [0.717, 1.165) is 16.6 Å². The van der Waals surface area contributed by atoms with Crippen LogP contribution in [0.2, 0.25) is 0 Å². The van der Waals surface area contributed by atoms with E-state index >= 15 is 0 Å². The summed E-state index contributed by atoms with van der Waals surface area (Å²) in [6.07, 6.45) is 5.48. The molecule has 2 heteroatoms.